The summed E-state index contributed by atoms with van der Waals surface area (Å²) in [6, 6.07) is 7.62. The molecule has 0 bridgehead atoms. The van der Waals surface area contributed by atoms with E-state index in [0.29, 0.717) is 4.68 Å². The lowest BCUT2D eigenvalue weighted by Crippen LogP contribution is -2.32. The van der Waals surface area contributed by atoms with E-state index >= 15 is 0 Å². The van der Waals surface area contributed by atoms with Gasteiger partial charge in [-0.2, -0.15) is 9.49 Å². The second kappa shape index (κ2) is 7.72. The maximum absolute atomic E-state index is 14.2. The summed E-state index contributed by atoms with van der Waals surface area (Å²) in [4.78, 5) is 14.1. The van der Waals surface area contributed by atoms with Crippen molar-refractivity contribution in [1.29, 1.82) is 0 Å². The van der Waals surface area contributed by atoms with Crippen molar-refractivity contribution in [1.82, 2.24) is 14.7 Å². The molecule has 0 atom stereocenters. The van der Waals surface area contributed by atoms with Crippen molar-refractivity contribution in [3.05, 3.63) is 52.6 Å². The van der Waals surface area contributed by atoms with Crippen LogP contribution in [0.1, 0.15) is 60.3 Å². The standard InChI is InChI=1S/C18H22F3N3O/c1-5-24(10-12-8-6-7-9-13(12)11(2)3)18(25)14-15(16(19)20)22-23(4)17(14)21/h6-9,11,16H,5,10H2,1-4H3. The predicted molar refractivity (Wildman–Crippen MR) is 89.1 cm³/mol. The first kappa shape index (κ1) is 19.0. The van der Waals surface area contributed by atoms with Gasteiger partial charge >= 0.3 is 0 Å². The topological polar surface area (TPSA) is 38.1 Å². The molecule has 0 aliphatic carbocycles. The van der Waals surface area contributed by atoms with Crippen LogP contribution >= 0.6 is 0 Å². The fourth-order valence-electron chi connectivity index (χ4n) is 2.81. The fraction of sp³-hybridized carbons (Fsp3) is 0.444. The van der Waals surface area contributed by atoms with Gasteiger partial charge in [-0.3, -0.25) is 4.79 Å². The lowest BCUT2D eigenvalue weighted by molar-refractivity contribution is 0.0734. The summed E-state index contributed by atoms with van der Waals surface area (Å²) in [6.45, 7) is 6.29. The van der Waals surface area contributed by atoms with E-state index in [9.17, 15) is 18.0 Å². The summed E-state index contributed by atoms with van der Waals surface area (Å²) >= 11 is 0. The Morgan fingerprint density at radius 2 is 1.92 bits per heavy atom. The number of halogens is 3. The van der Waals surface area contributed by atoms with Crippen molar-refractivity contribution in [2.24, 2.45) is 7.05 Å². The quantitative estimate of drug-likeness (QED) is 0.777. The van der Waals surface area contributed by atoms with Crippen LogP contribution in [0, 0.1) is 5.95 Å². The molecular formula is C18H22F3N3O. The molecule has 1 aromatic heterocycles. The van der Waals surface area contributed by atoms with E-state index in [1.807, 2.05) is 38.1 Å². The molecule has 1 heterocycles. The highest BCUT2D eigenvalue weighted by Gasteiger charge is 2.31. The lowest BCUT2D eigenvalue weighted by Gasteiger charge is -2.23. The number of hydrogen-bond donors (Lipinski definition) is 0. The van der Waals surface area contributed by atoms with Crippen LogP contribution in [0.25, 0.3) is 0 Å². The van der Waals surface area contributed by atoms with Crippen molar-refractivity contribution in [3.63, 3.8) is 0 Å². The van der Waals surface area contributed by atoms with E-state index in [0.717, 1.165) is 11.1 Å². The molecule has 2 aromatic rings. The van der Waals surface area contributed by atoms with Gasteiger partial charge in [0, 0.05) is 20.1 Å². The molecule has 4 nitrogen and oxygen atoms in total. The number of aryl methyl sites for hydroxylation is 1. The Kier molecular flexibility index (Phi) is 5.87. The van der Waals surface area contributed by atoms with E-state index in [-0.39, 0.29) is 19.0 Å². The number of carbonyl (C=O) groups excluding carboxylic acids is 1. The molecule has 0 aliphatic rings. The van der Waals surface area contributed by atoms with Crippen LogP contribution in [0.5, 0.6) is 0 Å². The monoisotopic (exact) mass is 353 g/mol. The smallest absolute Gasteiger partial charge is 0.283 e. The molecule has 0 aliphatic heterocycles. The number of alkyl halides is 2. The van der Waals surface area contributed by atoms with Gasteiger partial charge in [0.1, 0.15) is 11.3 Å². The summed E-state index contributed by atoms with van der Waals surface area (Å²) in [5.74, 6) is -1.57. The largest absolute Gasteiger partial charge is 0.334 e. The lowest BCUT2D eigenvalue weighted by atomic mass is 9.97. The first-order valence-corrected chi connectivity index (χ1v) is 8.15. The van der Waals surface area contributed by atoms with Crippen LogP contribution in [0.3, 0.4) is 0 Å². The Bertz CT molecular complexity index is 756. The van der Waals surface area contributed by atoms with Crippen molar-refractivity contribution in [2.45, 2.75) is 39.7 Å². The van der Waals surface area contributed by atoms with Crippen molar-refractivity contribution >= 4 is 5.91 Å². The molecule has 0 unspecified atom stereocenters. The molecule has 0 fully saturated rings. The summed E-state index contributed by atoms with van der Waals surface area (Å²) in [5, 5.41) is 3.44. The summed E-state index contributed by atoms with van der Waals surface area (Å²) in [6.07, 6.45) is -3.02. The SMILES string of the molecule is CCN(Cc1ccccc1C(C)C)C(=O)c1c(C(F)F)nn(C)c1F. The van der Waals surface area contributed by atoms with Gasteiger partial charge in [0.05, 0.1) is 0 Å². The van der Waals surface area contributed by atoms with Crippen LogP contribution in [-0.4, -0.2) is 27.1 Å². The Morgan fingerprint density at radius 1 is 1.28 bits per heavy atom. The van der Waals surface area contributed by atoms with Gasteiger partial charge in [-0.25, -0.2) is 13.5 Å². The number of rotatable bonds is 6. The molecular weight excluding hydrogens is 331 g/mol. The first-order valence-electron chi connectivity index (χ1n) is 8.15. The normalized spacial score (nSPS) is 11.4. The van der Waals surface area contributed by atoms with Crippen molar-refractivity contribution < 1.29 is 18.0 Å². The van der Waals surface area contributed by atoms with Crippen molar-refractivity contribution in [3.8, 4) is 0 Å². The van der Waals surface area contributed by atoms with Crippen LogP contribution in [0.2, 0.25) is 0 Å². The third-order valence-electron chi connectivity index (χ3n) is 4.13. The zero-order valence-electron chi connectivity index (χ0n) is 14.8. The number of hydrogen-bond acceptors (Lipinski definition) is 2. The summed E-state index contributed by atoms with van der Waals surface area (Å²) in [5.41, 5.74) is 0.507. The fourth-order valence-corrected chi connectivity index (χ4v) is 2.81. The molecule has 0 saturated heterocycles. The minimum absolute atomic E-state index is 0.223. The van der Waals surface area contributed by atoms with Gasteiger partial charge in [-0.05, 0) is 24.0 Å². The third kappa shape index (κ3) is 3.86. The number of nitrogens with zero attached hydrogens (tertiary/aromatic N) is 3. The summed E-state index contributed by atoms with van der Waals surface area (Å²) < 4.78 is 41.1. The average molecular weight is 353 g/mol. The van der Waals surface area contributed by atoms with Gasteiger partial charge in [0.15, 0.2) is 0 Å². The second-order valence-electron chi connectivity index (χ2n) is 6.15. The van der Waals surface area contributed by atoms with E-state index < -0.39 is 29.5 Å². The Balaban J connectivity index is 2.38. The molecule has 0 radical (unpaired) electrons. The van der Waals surface area contributed by atoms with Gasteiger partial charge in [0.2, 0.25) is 5.95 Å². The first-order chi connectivity index (χ1) is 11.8. The van der Waals surface area contributed by atoms with E-state index in [2.05, 4.69) is 5.10 Å². The average Bonchev–Trinajstić information content (AvgIpc) is 2.87. The molecule has 25 heavy (non-hydrogen) atoms. The Hall–Kier alpha value is -2.31. The molecule has 0 spiro atoms. The highest BCUT2D eigenvalue weighted by atomic mass is 19.3. The molecule has 0 saturated carbocycles. The van der Waals surface area contributed by atoms with Crippen LogP contribution in [0.15, 0.2) is 24.3 Å². The summed E-state index contributed by atoms with van der Waals surface area (Å²) in [7, 11) is 1.20. The van der Waals surface area contributed by atoms with Crippen LogP contribution < -0.4 is 0 Å². The minimum Gasteiger partial charge on any atom is -0.334 e. The molecule has 2 rings (SSSR count). The zero-order chi connectivity index (χ0) is 18.7. The predicted octanol–water partition coefficient (Wildman–Crippen LogP) is 4.28. The van der Waals surface area contributed by atoms with Gasteiger partial charge in [0.25, 0.3) is 12.3 Å². The van der Waals surface area contributed by atoms with Crippen LogP contribution in [-0.2, 0) is 13.6 Å². The minimum atomic E-state index is -3.02. The van der Waals surface area contributed by atoms with Gasteiger partial charge in [-0.15, -0.1) is 0 Å². The van der Waals surface area contributed by atoms with Gasteiger partial charge < -0.3 is 4.90 Å². The zero-order valence-corrected chi connectivity index (χ0v) is 14.8. The molecule has 1 aromatic carbocycles. The Labute approximate surface area is 145 Å². The second-order valence-corrected chi connectivity index (χ2v) is 6.15. The maximum atomic E-state index is 14.2. The molecule has 0 N–H and O–H groups in total. The number of benzene rings is 1. The number of carbonyl (C=O) groups is 1. The Morgan fingerprint density at radius 3 is 2.48 bits per heavy atom. The molecule has 1 amide bonds. The van der Waals surface area contributed by atoms with Crippen LogP contribution in [0.4, 0.5) is 13.2 Å². The van der Waals surface area contributed by atoms with E-state index in [1.54, 1.807) is 6.92 Å². The molecule has 136 valence electrons. The number of aromatic nitrogens is 2. The third-order valence-corrected chi connectivity index (χ3v) is 4.13. The number of amides is 1. The van der Waals surface area contributed by atoms with Crippen molar-refractivity contribution in [2.75, 3.05) is 6.54 Å². The highest BCUT2D eigenvalue weighted by molar-refractivity contribution is 5.95. The van der Waals surface area contributed by atoms with Gasteiger partial charge in [-0.1, -0.05) is 38.1 Å². The van der Waals surface area contributed by atoms with E-state index in [1.165, 1.54) is 11.9 Å². The van der Waals surface area contributed by atoms with E-state index in [4.69, 9.17) is 0 Å². The maximum Gasteiger partial charge on any atom is 0.283 e. The highest BCUT2D eigenvalue weighted by Crippen LogP contribution is 2.26. The molecule has 7 heteroatoms.